The van der Waals surface area contributed by atoms with E-state index in [0.29, 0.717) is 34.5 Å². The van der Waals surface area contributed by atoms with Gasteiger partial charge < -0.3 is 18.9 Å². The van der Waals surface area contributed by atoms with Crippen molar-refractivity contribution >= 4 is 44.9 Å². The highest BCUT2D eigenvalue weighted by Gasteiger charge is 2.25. The Hall–Kier alpha value is -2.65. The van der Waals surface area contributed by atoms with Gasteiger partial charge in [-0.3, -0.25) is 14.9 Å². The quantitative estimate of drug-likeness (QED) is 0.651. The lowest BCUT2D eigenvalue weighted by Gasteiger charge is -2.26. The van der Waals surface area contributed by atoms with Crippen molar-refractivity contribution in [1.29, 1.82) is 0 Å². The zero-order valence-corrected chi connectivity index (χ0v) is 17.7. The summed E-state index contributed by atoms with van der Waals surface area (Å²) in [6, 6.07) is 10.9. The molecule has 150 valence electrons. The summed E-state index contributed by atoms with van der Waals surface area (Å²) in [7, 11) is 1.54. The SMILES string of the molecule is COc1cc(/C=C2\SC(=O)NC2=O)ccc1OCC1COc2ccc(Br)cc2O1. The van der Waals surface area contributed by atoms with E-state index in [9.17, 15) is 9.59 Å². The van der Waals surface area contributed by atoms with Crippen LogP contribution in [0.4, 0.5) is 4.79 Å². The van der Waals surface area contributed by atoms with Crippen molar-refractivity contribution in [3.05, 3.63) is 51.3 Å². The number of carbonyl (C=O) groups is 2. The zero-order valence-electron chi connectivity index (χ0n) is 15.3. The molecule has 1 atom stereocenters. The highest BCUT2D eigenvalue weighted by atomic mass is 79.9. The maximum atomic E-state index is 11.7. The minimum absolute atomic E-state index is 0.270. The maximum Gasteiger partial charge on any atom is 0.290 e. The second-order valence-corrected chi connectivity index (χ2v) is 8.15. The van der Waals surface area contributed by atoms with Crippen LogP contribution in [0.15, 0.2) is 45.8 Å². The molecule has 0 bridgehead atoms. The van der Waals surface area contributed by atoms with Gasteiger partial charge in [-0.25, -0.2) is 0 Å². The molecule has 4 rings (SSSR count). The first-order valence-corrected chi connectivity index (χ1v) is 10.3. The van der Waals surface area contributed by atoms with Crippen molar-refractivity contribution in [2.24, 2.45) is 0 Å². The highest BCUT2D eigenvalue weighted by molar-refractivity contribution is 9.10. The molecule has 1 saturated heterocycles. The fourth-order valence-corrected chi connectivity index (χ4v) is 3.84. The smallest absolute Gasteiger partial charge is 0.290 e. The van der Waals surface area contributed by atoms with Crippen molar-refractivity contribution in [2.45, 2.75) is 6.10 Å². The Morgan fingerprint density at radius 2 is 2.07 bits per heavy atom. The Morgan fingerprint density at radius 3 is 2.83 bits per heavy atom. The molecule has 0 aliphatic carbocycles. The molecule has 7 nitrogen and oxygen atoms in total. The maximum absolute atomic E-state index is 11.7. The van der Waals surface area contributed by atoms with Gasteiger partial charge in [0.15, 0.2) is 29.1 Å². The first-order valence-electron chi connectivity index (χ1n) is 8.66. The summed E-state index contributed by atoms with van der Waals surface area (Å²) in [6.45, 7) is 0.650. The fourth-order valence-electron chi connectivity index (χ4n) is 2.82. The molecule has 2 aromatic carbocycles. The average Bonchev–Trinajstić information content (AvgIpc) is 3.03. The molecular weight excluding hydrogens is 462 g/mol. The van der Waals surface area contributed by atoms with Gasteiger partial charge in [0, 0.05) is 4.47 Å². The summed E-state index contributed by atoms with van der Waals surface area (Å²) >= 11 is 4.28. The van der Waals surface area contributed by atoms with Crippen molar-refractivity contribution in [3.8, 4) is 23.0 Å². The minimum Gasteiger partial charge on any atom is -0.493 e. The number of ether oxygens (including phenoxy) is 4. The third-order valence-electron chi connectivity index (χ3n) is 4.18. The first-order chi connectivity index (χ1) is 14.0. The summed E-state index contributed by atoms with van der Waals surface area (Å²) < 4.78 is 23.8. The van der Waals surface area contributed by atoms with E-state index < -0.39 is 5.91 Å². The zero-order chi connectivity index (χ0) is 20.4. The largest absolute Gasteiger partial charge is 0.493 e. The molecule has 2 aliphatic heterocycles. The van der Waals surface area contributed by atoms with Crippen molar-refractivity contribution in [1.82, 2.24) is 5.32 Å². The number of carbonyl (C=O) groups excluding carboxylic acids is 2. The number of imide groups is 1. The predicted octanol–water partition coefficient (Wildman–Crippen LogP) is 4.00. The molecule has 0 spiro atoms. The van der Waals surface area contributed by atoms with E-state index in [1.165, 1.54) is 7.11 Å². The normalized spacial score (nSPS) is 19.2. The molecule has 1 fully saturated rings. The van der Waals surface area contributed by atoms with Crippen LogP contribution < -0.4 is 24.3 Å². The van der Waals surface area contributed by atoms with Crippen LogP contribution in [0.2, 0.25) is 0 Å². The number of fused-ring (bicyclic) bond motifs is 1. The van der Waals surface area contributed by atoms with Gasteiger partial charge in [0.1, 0.15) is 13.2 Å². The van der Waals surface area contributed by atoms with Gasteiger partial charge in [-0.2, -0.15) is 0 Å². The van der Waals surface area contributed by atoms with Gasteiger partial charge in [0.05, 0.1) is 12.0 Å². The predicted molar refractivity (Wildman–Crippen MR) is 112 cm³/mol. The number of halogens is 1. The number of methoxy groups -OCH3 is 1. The lowest BCUT2D eigenvalue weighted by Crippen LogP contribution is -2.34. The summed E-state index contributed by atoms with van der Waals surface area (Å²) in [4.78, 5) is 23.3. The van der Waals surface area contributed by atoms with Gasteiger partial charge in [0.2, 0.25) is 0 Å². The van der Waals surface area contributed by atoms with Crippen LogP contribution in [0, 0.1) is 0 Å². The topological polar surface area (TPSA) is 83.1 Å². The molecule has 1 N–H and O–H groups in total. The molecule has 0 saturated carbocycles. The van der Waals surface area contributed by atoms with Crippen molar-refractivity contribution < 1.29 is 28.5 Å². The van der Waals surface area contributed by atoms with Crippen LogP contribution in [0.1, 0.15) is 5.56 Å². The average molecular weight is 478 g/mol. The lowest BCUT2D eigenvalue weighted by molar-refractivity contribution is -0.115. The monoisotopic (exact) mass is 477 g/mol. The summed E-state index contributed by atoms with van der Waals surface area (Å²) in [5.74, 6) is 2.01. The van der Waals surface area contributed by atoms with Gasteiger partial charge in [-0.1, -0.05) is 22.0 Å². The van der Waals surface area contributed by atoms with Crippen LogP contribution in [0.5, 0.6) is 23.0 Å². The Bertz CT molecular complexity index is 1010. The number of benzene rings is 2. The Labute approximate surface area is 179 Å². The fraction of sp³-hybridized carbons (Fsp3) is 0.200. The molecule has 0 aromatic heterocycles. The highest BCUT2D eigenvalue weighted by Crippen LogP contribution is 2.35. The van der Waals surface area contributed by atoms with Gasteiger partial charge in [0.25, 0.3) is 11.1 Å². The number of hydrogen-bond acceptors (Lipinski definition) is 7. The van der Waals surface area contributed by atoms with Crippen LogP contribution in [0.25, 0.3) is 6.08 Å². The molecule has 2 heterocycles. The third kappa shape index (κ3) is 4.51. The van der Waals surface area contributed by atoms with Crippen LogP contribution >= 0.6 is 27.7 Å². The molecule has 2 amide bonds. The summed E-state index contributed by atoms with van der Waals surface area (Å²) in [5.41, 5.74) is 0.720. The second-order valence-electron chi connectivity index (χ2n) is 6.22. The Balaban J connectivity index is 1.43. The van der Waals surface area contributed by atoms with Crippen LogP contribution in [0.3, 0.4) is 0 Å². The van der Waals surface area contributed by atoms with Crippen molar-refractivity contribution in [3.63, 3.8) is 0 Å². The molecule has 2 aromatic rings. The number of rotatable bonds is 5. The second kappa shape index (κ2) is 8.38. The van der Waals surface area contributed by atoms with Crippen molar-refractivity contribution in [2.75, 3.05) is 20.3 Å². The van der Waals surface area contributed by atoms with E-state index in [4.69, 9.17) is 18.9 Å². The molecule has 29 heavy (non-hydrogen) atoms. The summed E-state index contributed by atoms with van der Waals surface area (Å²) in [5, 5.41) is 1.85. The number of hydrogen-bond donors (Lipinski definition) is 1. The molecule has 0 radical (unpaired) electrons. The molecular formula is C20H16BrNO6S. The van der Waals surface area contributed by atoms with E-state index in [1.54, 1.807) is 24.3 Å². The Morgan fingerprint density at radius 1 is 1.21 bits per heavy atom. The lowest BCUT2D eigenvalue weighted by atomic mass is 10.2. The number of nitrogens with one attached hydrogen (secondary N) is 1. The molecule has 1 unspecified atom stereocenters. The van der Waals surface area contributed by atoms with Crippen LogP contribution in [-0.2, 0) is 4.79 Å². The number of thioether (sulfide) groups is 1. The first kappa shape index (κ1) is 19.7. The van der Waals surface area contributed by atoms with Gasteiger partial charge in [-0.15, -0.1) is 0 Å². The van der Waals surface area contributed by atoms with Gasteiger partial charge in [-0.05, 0) is 53.7 Å². The van der Waals surface area contributed by atoms with E-state index in [0.717, 1.165) is 21.8 Å². The third-order valence-corrected chi connectivity index (χ3v) is 5.48. The van der Waals surface area contributed by atoms with Crippen LogP contribution in [-0.4, -0.2) is 37.6 Å². The standard InChI is InChI=1S/C20H16BrNO6S/c1-25-16-6-11(7-18-19(23)22-20(24)29-18)2-4-14(16)26-9-13-10-27-15-5-3-12(21)8-17(15)28-13/h2-8,13H,9-10H2,1H3,(H,22,23,24)/b18-7-. The summed E-state index contributed by atoms with van der Waals surface area (Å²) in [6.07, 6.45) is 1.36. The van der Waals surface area contributed by atoms with Gasteiger partial charge >= 0.3 is 0 Å². The Kier molecular flexibility index (Phi) is 5.68. The molecule has 2 aliphatic rings. The van der Waals surface area contributed by atoms with E-state index >= 15 is 0 Å². The minimum atomic E-state index is -0.402. The van der Waals surface area contributed by atoms with E-state index in [2.05, 4.69) is 21.2 Å². The molecule has 9 heteroatoms. The number of amides is 2. The van der Waals surface area contributed by atoms with E-state index in [1.807, 2.05) is 18.2 Å². The van der Waals surface area contributed by atoms with E-state index in [-0.39, 0.29) is 18.0 Å².